The van der Waals surface area contributed by atoms with Crippen molar-refractivity contribution in [3.05, 3.63) is 11.1 Å². The Labute approximate surface area is 92.8 Å². The third-order valence-corrected chi connectivity index (χ3v) is 5.05. The van der Waals surface area contributed by atoms with Gasteiger partial charge in [0.2, 0.25) is 0 Å². The van der Waals surface area contributed by atoms with Crippen LogP contribution in [0.25, 0.3) is 0 Å². The second-order valence-electron chi connectivity index (χ2n) is 3.45. The van der Waals surface area contributed by atoms with Gasteiger partial charge in [0.25, 0.3) is 0 Å². The molecule has 2 heterocycles. The van der Waals surface area contributed by atoms with Crippen molar-refractivity contribution in [2.75, 3.05) is 29.5 Å². The van der Waals surface area contributed by atoms with Crippen molar-refractivity contribution in [3.8, 4) is 0 Å². The second kappa shape index (κ2) is 4.07. The van der Waals surface area contributed by atoms with Crippen LogP contribution in [0.3, 0.4) is 0 Å². The van der Waals surface area contributed by atoms with E-state index in [-0.39, 0.29) is 11.5 Å². The van der Waals surface area contributed by atoms with E-state index in [4.69, 9.17) is 5.73 Å². The fourth-order valence-electron chi connectivity index (χ4n) is 1.44. The Hall–Kier alpha value is -0.660. The maximum atomic E-state index is 11.2. The van der Waals surface area contributed by atoms with Crippen LogP contribution < -0.4 is 10.6 Å². The van der Waals surface area contributed by atoms with Crippen LogP contribution in [0.1, 0.15) is 4.88 Å². The predicted octanol–water partition coefficient (Wildman–Crippen LogP) is -0.163. The molecule has 0 amide bonds. The van der Waals surface area contributed by atoms with Crippen molar-refractivity contribution in [2.45, 2.75) is 6.54 Å². The van der Waals surface area contributed by atoms with Gasteiger partial charge in [-0.1, -0.05) is 0 Å². The zero-order valence-electron chi connectivity index (χ0n) is 8.22. The number of thiazole rings is 1. The molecule has 1 aromatic rings. The van der Waals surface area contributed by atoms with Gasteiger partial charge in [0.15, 0.2) is 15.0 Å². The third-order valence-electron chi connectivity index (χ3n) is 2.36. The number of rotatable bonds is 2. The molecule has 2 rings (SSSR count). The molecule has 84 valence electrons. The smallest absolute Gasteiger partial charge is 0.185 e. The maximum Gasteiger partial charge on any atom is 0.185 e. The molecule has 0 aromatic carbocycles. The first-order valence-corrected chi connectivity index (χ1v) is 7.35. The molecule has 1 aromatic heterocycles. The fraction of sp³-hybridized carbons (Fsp3) is 0.625. The van der Waals surface area contributed by atoms with Gasteiger partial charge in [-0.25, -0.2) is 13.4 Å². The largest absolute Gasteiger partial charge is 0.346 e. The Bertz CT molecular complexity index is 426. The number of nitrogens with two attached hydrogens (primary N) is 1. The molecule has 0 bridgehead atoms. The summed E-state index contributed by atoms with van der Waals surface area (Å²) in [5, 5.41) is 0.880. The first kappa shape index (κ1) is 10.8. The Kier molecular flexibility index (Phi) is 2.94. The molecule has 0 saturated carbocycles. The van der Waals surface area contributed by atoms with Gasteiger partial charge < -0.3 is 10.6 Å². The molecule has 0 atom stereocenters. The summed E-state index contributed by atoms with van der Waals surface area (Å²) in [6.45, 7) is 1.57. The van der Waals surface area contributed by atoms with Gasteiger partial charge in [0, 0.05) is 30.7 Å². The molecule has 7 heteroatoms. The van der Waals surface area contributed by atoms with E-state index in [2.05, 4.69) is 4.98 Å². The highest BCUT2D eigenvalue weighted by molar-refractivity contribution is 7.91. The lowest BCUT2D eigenvalue weighted by Gasteiger charge is -2.25. The van der Waals surface area contributed by atoms with E-state index < -0.39 is 9.84 Å². The lowest BCUT2D eigenvalue weighted by molar-refractivity contribution is 0.586. The van der Waals surface area contributed by atoms with Crippen LogP contribution in [-0.4, -0.2) is 38.0 Å². The first-order chi connectivity index (χ1) is 7.11. The van der Waals surface area contributed by atoms with E-state index in [0.717, 1.165) is 10.0 Å². The molecular weight excluding hydrogens is 234 g/mol. The van der Waals surface area contributed by atoms with Gasteiger partial charge in [-0.2, -0.15) is 0 Å². The number of hydrogen-bond donors (Lipinski definition) is 1. The molecule has 1 saturated heterocycles. The number of aromatic nitrogens is 1. The lowest BCUT2D eigenvalue weighted by Crippen LogP contribution is -2.40. The molecule has 0 radical (unpaired) electrons. The first-order valence-electron chi connectivity index (χ1n) is 4.71. The molecule has 1 aliphatic rings. The van der Waals surface area contributed by atoms with Crippen molar-refractivity contribution in [1.82, 2.24) is 4.98 Å². The zero-order chi connectivity index (χ0) is 10.9. The van der Waals surface area contributed by atoms with Crippen LogP contribution >= 0.6 is 11.3 Å². The molecule has 5 nitrogen and oxygen atoms in total. The standard InChI is InChI=1S/C8H13N3O2S2/c9-5-7-6-10-8(14-7)11-1-3-15(12,13)4-2-11/h6H,1-5,9H2. The minimum absolute atomic E-state index is 0.227. The van der Waals surface area contributed by atoms with Crippen molar-refractivity contribution >= 4 is 26.3 Å². The quantitative estimate of drug-likeness (QED) is 0.785. The van der Waals surface area contributed by atoms with Gasteiger partial charge in [-0.05, 0) is 0 Å². The summed E-state index contributed by atoms with van der Waals surface area (Å²) in [6, 6.07) is 0. The van der Waals surface area contributed by atoms with E-state index in [1.807, 2.05) is 4.90 Å². The molecule has 0 unspecified atom stereocenters. The summed E-state index contributed by atoms with van der Waals surface area (Å²) in [5.74, 6) is 0.453. The molecule has 1 aliphatic heterocycles. The van der Waals surface area contributed by atoms with Crippen LogP contribution in [0.5, 0.6) is 0 Å². The minimum atomic E-state index is -2.81. The third kappa shape index (κ3) is 2.47. The molecule has 0 spiro atoms. The lowest BCUT2D eigenvalue weighted by atomic mass is 10.5. The van der Waals surface area contributed by atoms with E-state index in [1.54, 1.807) is 6.20 Å². The molecule has 1 fully saturated rings. The van der Waals surface area contributed by atoms with Crippen LogP contribution in [0, 0.1) is 0 Å². The number of hydrogen-bond acceptors (Lipinski definition) is 6. The van der Waals surface area contributed by atoms with Crippen LogP contribution in [0.15, 0.2) is 6.20 Å². The minimum Gasteiger partial charge on any atom is -0.346 e. The SMILES string of the molecule is NCc1cnc(N2CCS(=O)(=O)CC2)s1. The molecule has 2 N–H and O–H groups in total. The van der Waals surface area contributed by atoms with E-state index in [9.17, 15) is 8.42 Å². The Morgan fingerprint density at radius 2 is 2.13 bits per heavy atom. The topological polar surface area (TPSA) is 76.3 Å². The summed E-state index contributed by atoms with van der Waals surface area (Å²) < 4.78 is 22.5. The maximum absolute atomic E-state index is 11.2. The van der Waals surface area contributed by atoms with Gasteiger partial charge in [-0.3, -0.25) is 0 Å². The average Bonchev–Trinajstić information content (AvgIpc) is 2.66. The summed E-state index contributed by atoms with van der Waals surface area (Å²) in [7, 11) is -2.81. The van der Waals surface area contributed by atoms with E-state index in [0.29, 0.717) is 19.6 Å². The predicted molar refractivity (Wildman–Crippen MR) is 60.9 cm³/mol. The number of sulfone groups is 1. The zero-order valence-corrected chi connectivity index (χ0v) is 9.85. The Morgan fingerprint density at radius 1 is 1.47 bits per heavy atom. The summed E-state index contributed by atoms with van der Waals surface area (Å²) in [4.78, 5) is 7.26. The summed E-state index contributed by atoms with van der Waals surface area (Å²) in [6.07, 6.45) is 1.75. The second-order valence-corrected chi connectivity index (χ2v) is 6.85. The Balaban J connectivity index is 2.07. The summed E-state index contributed by atoms with van der Waals surface area (Å²) in [5.41, 5.74) is 5.49. The van der Waals surface area contributed by atoms with Gasteiger partial charge in [-0.15, -0.1) is 11.3 Å². The highest BCUT2D eigenvalue weighted by Gasteiger charge is 2.23. The molecule has 0 aliphatic carbocycles. The van der Waals surface area contributed by atoms with Crippen LogP contribution in [0.2, 0.25) is 0 Å². The highest BCUT2D eigenvalue weighted by atomic mass is 32.2. The highest BCUT2D eigenvalue weighted by Crippen LogP contribution is 2.23. The van der Waals surface area contributed by atoms with Gasteiger partial charge >= 0.3 is 0 Å². The monoisotopic (exact) mass is 247 g/mol. The van der Waals surface area contributed by atoms with Crippen molar-refractivity contribution < 1.29 is 8.42 Å². The van der Waals surface area contributed by atoms with Crippen molar-refractivity contribution in [3.63, 3.8) is 0 Å². The average molecular weight is 247 g/mol. The van der Waals surface area contributed by atoms with E-state index >= 15 is 0 Å². The van der Waals surface area contributed by atoms with Gasteiger partial charge in [0.05, 0.1) is 11.5 Å². The van der Waals surface area contributed by atoms with Crippen LogP contribution in [-0.2, 0) is 16.4 Å². The van der Waals surface area contributed by atoms with Crippen molar-refractivity contribution in [2.24, 2.45) is 5.73 Å². The number of nitrogens with zero attached hydrogens (tertiary/aromatic N) is 2. The van der Waals surface area contributed by atoms with Crippen molar-refractivity contribution in [1.29, 1.82) is 0 Å². The summed E-state index contributed by atoms with van der Waals surface area (Å²) >= 11 is 1.53. The van der Waals surface area contributed by atoms with E-state index in [1.165, 1.54) is 11.3 Å². The van der Waals surface area contributed by atoms with Crippen LogP contribution in [0.4, 0.5) is 5.13 Å². The molecule has 15 heavy (non-hydrogen) atoms. The Morgan fingerprint density at radius 3 is 2.67 bits per heavy atom. The molecular formula is C8H13N3O2S2. The fourth-order valence-corrected chi connectivity index (χ4v) is 3.48. The van der Waals surface area contributed by atoms with Gasteiger partial charge in [0.1, 0.15) is 0 Å². The normalized spacial score (nSPS) is 20.5. The number of anilines is 1.